The van der Waals surface area contributed by atoms with Gasteiger partial charge in [0.1, 0.15) is 11.7 Å². The first kappa shape index (κ1) is 26.9. The average Bonchev–Trinajstić information content (AvgIpc) is 3.03. The first-order chi connectivity index (χ1) is 17.4. The van der Waals surface area contributed by atoms with Crippen LogP contribution >= 0.6 is 0 Å². The number of unbranched alkanes of at least 4 members (excludes halogenated alkanes) is 1. The number of amidine groups is 1. The summed E-state index contributed by atoms with van der Waals surface area (Å²) in [5, 5.41) is 14.9. The smallest absolute Gasteiger partial charge is 0.167 e. The molecule has 0 radical (unpaired) electrons. The SMILES string of the molecule is CCCCc1cncc(N=Cc2ccnc(NC3=C(F)C=C(C)CC=N3)c2)c1C(=N)N(C)CCNC. The molecular weight excluding hydrogens is 455 g/mol. The van der Waals surface area contributed by atoms with Crippen molar-refractivity contribution < 1.29 is 4.39 Å². The van der Waals surface area contributed by atoms with Crippen LogP contribution in [0.15, 0.2) is 64.0 Å². The van der Waals surface area contributed by atoms with Gasteiger partial charge in [0.15, 0.2) is 11.6 Å². The van der Waals surface area contributed by atoms with E-state index in [0.29, 0.717) is 30.3 Å². The lowest BCUT2D eigenvalue weighted by molar-refractivity contribution is 0.493. The lowest BCUT2D eigenvalue weighted by Gasteiger charge is -2.22. The predicted octanol–water partition coefficient (Wildman–Crippen LogP) is 5.02. The fourth-order valence-corrected chi connectivity index (χ4v) is 3.64. The van der Waals surface area contributed by atoms with Crippen LogP contribution in [-0.4, -0.2) is 60.3 Å². The summed E-state index contributed by atoms with van der Waals surface area (Å²) in [6.07, 6.45) is 13.5. The molecule has 0 amide bonds. The number of aryl methyl sites for hydroxylation is 1. The predicted molar refractivity (Wildman–Crippen MR) is 146 cm³/mol. The quantitative estimate of drug-likeness (QED) is 0.303. The molecule has 3 heterocycles. The molecule has 0 spiro atoms. The van der Waals surface area contributed by atoms with Crippen LogP contribution < -0.4 is 10.6 Å². The Balaban J connectivity index is 1.88. The Morgan fingerprint density at radius 3 is 2.94 bits per heavy atom. The van der Waals surface area contributed by atoms with E-state index in [9.17, 15) is 4.39 Å². The molecule has 3 N–H and O–H groups in total. The van der Waals surface area contributed by atoms with E-state index in [1.54, 1.807) is 30.9 Å². The van der Waals surface area contributed by atoms with E-state index in [4.69, 9.17) is 10.4 Å². The standard InChI is InChI=1S/C27H35FN8/c1-5-6-7-21-17-31-18-23(25(21)26(29)36(4)13-12-30-3)34-16-20-9-11-32-24(15-20)35-27-22(28)14-19(2)8-10-33-27/h9-11,14-18,29-30H,5-8,12-13H2,1-4H3,(H,32,35). The Hall–Kier alpha value is -3.72. The molecule has 1 aliphatic rings. The molecule has 0 aliphatic carbocycles. The minimum absolute atomic E-state index is 0.126. The van der Waals surface area contributed by atoms with E-state index >= 15 is 0 Å². The Labute approximate surface area is 212 Å². The summed E-state index contributed by atoms with van der Waals surface area (Å²) in [6, 6.07) is 3.59. The van der Waals surface area contributed by atoms with Gasteiger partial charge < -0.3 is 15.5 Å². The van der Waals surface area contributed by atoms with E-state index in [2.05, 4.69) is 32.5 Å². The number of nitrogens with zero attached hydrogens (tertiary/aromatic N) is 5. The Morgan fingerprint density at radius 2 is 2.17 bits per heavy atom. The molecule has 0 unspecified atom stereocenters. The second-order valence-electron chi connectivity index (χ2n) is 8.73. The summed E-state index contributed by atoms with van der Waals surface area (Å²) in [6.45, 7) is 5.49. The number of aliphatic imine (C=N–C) groups is 2. The molecule has 9 heteroatoms. The maximum absolute atomic E-state index is 14.4. The van der Waals surface area contributed by atoms with Crippen molar-refractivity contribution in [2.24, 2.45) is 9.98 Å². The number of halogens is 1. The number of nitrogens with one attached hydrogen (secondary N) is 3. The number of hydrogen-bond donors (Lipinski definition) is 3. The second kappa shape index (κ2) is 13.4. The maximum atomic E-state index is 14.4. The second-order valence-corrected chi connectivity index (χ2v) is 8.73. The number of allylic oxidation sites excluding steroid dienone is 3. The molecule has 3 rings (SSSR count). The van der Waals surface area contributed by atoms with Crippen LogP contribution in [0.2, 0.25) is 0 Å². The molecule has 0 fully saturated rings. The number of aromatic nitrogens is 2. The highest BCUT2D eigenvalue weighted by Crippen LogP contribution is 2.25. The number of rotatable bonds is 11. The van der Waals surface area contributed by atoms with Gasteiger partial charge >= 0.3 is 0 Å². The first-order valence-corrected chi connectivity index (χ1v) is 12.2. The van der Waals surface area contributed by atoms with Gasteiger partial charge in [0.2, 0.25) is 0 Å². The molecule has 0 bridgehead atoms. The zero-order valence-corrected chi connectivity index (χ0v) is 21.5. The molecule has 36 heavy (non-hydrogen) atoms. The van der Waals surface area contributed by atoms with Crippen molar-refractivity contribution >= 4 is 29.8 Å². The van der Waals surface area contributed by atoms with Crippen LogP contribution in [0.1, 0.15) is 49.8 Å². The minimum atomic E-state index is -0.428. The summed E-state index contributed by atoms with van der Waals surface area (Å²) in [7, 11) is 3.81. The zero-order valence-electron chi connectivity index (χ0n) is 21.5. The zero-order chi connectivity index (χ0) is 25.9. The summed E-state index contributed by atoms with van der Waals surface area (Å²) in [4.78, 5) is 19.5. The van der Waals surface area contributed by atoms with Crippen LogP contribution in [0, 0.1) is 5.41 Å². The molecule has 0 saturated heterocycles. The van der Waals surface area contributed by atoms with Gasteiger partial charge in [-0.25, -0.2) is 14.4 Å². The first-order valence-electron chi connectivity index (χ1n) is 12.2. The highest BCUT2D eigenvalue weighted by molar-refractivity contribution is 6.02. The summed E-state index contributed by atoms with van der Waals surface area (Å²) >= 11 is 0. The van der Waals surface area contributed by atoms with E-state index in [1.807, 2.05) is 38.2 Å². The van der Waals surface area contributed by atoms with Crippen molar-refractivity contribution in [3.8, 4) is 0 Å². The molecule has 190 valence electrons. The van der Waals surface area contributed by atoms with Crippen molar-refractivity contribution in [3.63, 3.8) is 0 Å². The minimum Gasteiger partial charge on any atom is -0.358 e. The fourth-order valence-electron chi connectivity index (χ4n) is 3.64. The summed E-state index contributed by atoms with van der Waals surface area (Å²) in [5.74, 6) is 0.577. The normalized spacial score (nSPS) is 13.6. The third-order valence-electron chi connectivity index (χ3n) is 5.74. The number of pyridine rings is 2. The third-order valence-corrected chi connectivity index (χ3v) is 5.74. The van der Waals surface area contributed by atoms with Crippen molar-refractivity contribution in [1.29, 1.82) is 5.41 Å². The monoisotopic (exact) mass is 490 g/mol. The van der Waals surface area contributed by atoms with E-state index in [1.165, 1.54) is 6.08 Å². The number of anilines is 1. The van der Waals surface area contributed by atoms with Crippen LogP contribution in [0.4, 0.5) is 15.9 Å². The Morgan fingerprint density at radius 1 is 1.33 bits per heavy atom. The van der Waals surface area contributed by atoms with Gasteiger partial charge in [-0.05, 0) is 56.1 Å². The summed E-state index contributed by atoms with van der Waals surface area (Å²) in [5.41, 5.74) is 4.12. The molecular formula is C27H35FN8. The van der Waals surface area contributed by atoms with Crippen LogP contribution in [0.3, 0.4) is 0 Å². The van der Waals surface area contributed by atoms with Gasteiger partial charge in [-0.2, -0.15) is 0 Å². The third kappa shape index (κ3) is 7.39. The lowest BCUT2D eigenvalue weighted by Crippen LogP contribution is -2.33. The van der Waals surface area contributed by atoms with Crippen molar-refractivity contribution in [3.05, 3.63) is 70.7 Å². The van der Waals surface area contributed by atoms with Crippen molar-refractivity contribution in [2.45, 2.75) is 39.5 Å². The summed E-state index contributed by atoms with van der Waals surface area (Å²) < 4.78 is 14.4. The fraction of sp³-hybridized carbons (Fsp3) is 0.370. The van der Waals surface area contributed by atoms with Gasteiger partial charge in [0.05, 0.1) is 11.9 Å². The van der Waals surface area contributed by atoms with Crippen LogP contribution in [0.5, 0.6) is 0 Å². The largest absolute Gasteiger partial charge is 0.358 e. The number of hydrogen-bond acceptors (Lipinski definition) is 7. The van der Waals surface area contributed by atoms with Crippen molar-refractivity contribution in [2.75, 3.05) is 32.5 Å². The van der Waals surface area contributed by atoms with E-state index in [0.717, 1.165) is 48.1 Å². The number of likely N-dealkylation sites (N-methyl/N-ethyl adjacent to an activating group) is 2. The molecule has 0 aromatic carbocycles. The highest BCUT2D eigenvalue weighted by Gasteiger charge is 2.17. The maximum Gasteiger partial charge on any atom is 0.167 e. The highest BCUT2D eigenvalue weighted by atomic mass is 19.1. The van der Waals surface area contributed by atoms with Crippen molar-refractivity contribution in [1.82, 2.24) is 20.2 Å². The Bertz CT molecular complexity index is 1180. The van der Waals surface area contributed by atoms with Crippen LogP contribution in [0.25, 0.3) is 0 Å². The van der Waals surface area contributed by atoms with E-state index < -0.39 is 5.83 Å². The molecule has 8 nitrogen and oxygen atoms in total. The van der Waals surface area contributed by atoms with Gasteiger partial charge in [-0.1, -0.05) is 18.9 Å². The van der Waals surface area contributed by atoms with Gasteiger partial charge in [-0.15, -0.1) is 0 Å². The Kier molecular flexibility index (Phi) is 10.00. The average molecular weight is 491 g/mol. The topological polar surface area (TPSA) is 102 Å². The molecule has 1 aliphatic heterocycles. The van der Waals surface area contributed by atoms with Gasteiger partial charge in [-0.3, -0.25) is 15.4 Å². The van der Waals surface area contributed by atoms with Gasteiger partial charge in [0.25, 0.3) is 0 Å². The van der Waals surface area contributed by atoms with Gasteiger partial charge in [0, 0.05) is 56.9 Å². The van der Waals surface area contributed by atoms with E-state index in [-0.39, 0.29) is 5.82 Å². The van der Waals surface area contributed by atoms with Crippen LogP contribution in [-0.2, 0) is 6.42 Å². The molecule has 2 aromatic rings. The molecule has 2 aromatic heterocycles. The molecule has 0 atom stereocenters. The molecule has 0 saturated carbocycles. The lowest BCUT2D eigenvalue weighted by atomic mass is 10.0.